The number of hydrogen-bond acceptors (Lipinski definition) is 16. The van der Waals surface area contributed by atoms with E-state index in [1.54, 1.807) is 151 Å². The number of aliphatic hydroxyl groups excluding tert-OH is 2. The van der Waals surface area contributed by atoms with Crippen molar-refractivity contribution in [3.63, 3.8) is 0 Å². The van der Waals surface area contributed by atoms with Crippen LogP contribution in [0, 0.1) is 0 Å². The average Bonchev–Trinajstić information content (AvgIpc) is 1.03. The number of amides is 6. The maximum atomic E-state index is 13.4. The quantitative estimate of drug-likeness (QED) is 0.0641. The summed E-state index contributed by atoms with van der Waals surface area (Å²) in [4.78, 5) is 89.5. The second-order valence-corrected chi connectivity index (χ2v) is 25.8. The van der Waals surface area contributed by atoms with Gasteiger partial charge in [-0.3, -0.25) is 29.0 Å². The number of carbonyl (C=O) groups is 6. The van der Waals surface area contributed by atoms with Crippen LogP contribution in [0.4, 0.5) is 9.59 Å². The number of carbonyl (C=O) groups excluding carboxylic acids is 6. The van der Waals surface area contributed by atoms with Crippen LogP contribution in [-0.4, -0.2) is 152 Å². The zero-order chi connectivity index (χ0) is 67.0. The van der Waals surface area contributed by atoms with Gasteiger partial charge in [-0.2, -0.15) is 0 Å². The summed E-state index contributed by atoms with van der Waals surface area (Å²) < 4.78 is 32.8. The van der Waals surface area contributed by atoms with Crippen LogP contribution < -0.4 is 24.8 Å². The zero-order valence-electron chi connectivity index (χ0n) is 54.2. The van der Waals surface area contributed by atoms with Gasteiger partial charge in [-0.25, -0.2) is 14.6 Å². The fourth-order valence-corrected chi connectivity index (χ4v) is 11.9. The molecule has 0 aliphatic carbocycles. The molecule has 0 radical (unpaired) electrons. The Balaban J connectivity index is 0.000000207. The first kappa shape index (κ1) is 67.0. The molecule has 0 saturated heterocycles. The van der Waals surface area contributed by atoms with Crippen molar-refractivity contribution in [2.45, 2.75) is 136 Å². The molecule has 0 unspecified atom stereocenters. The summed E-state index contributed by atoms with van der Waals surface area (Å²) in [5.41, 5.74) is 8.11. The monoisotopic (exact) mass is 1280 g/mol. The second-order valence-electron chi connectivity index (χ2n) is 25.8. The highest BCUT2D eigenvalue weighted by atomic mass is 16.6. The summed E-state index contributed by atoms with van der Waals surface area (Å²) in [5, 5.41) is 38.2. The van der Waals surface area contributed by atoms with E-state index in [2.05, 4.69) is 15.6 Å². The fourth-order valence-electron chi connectivity index (χ4n) is 11.9. The number of nitrogens with one attached hydrogen (secondary N) is 2. The van der Waals surface area contributed by atoms with E-state index in [1.165, 1.54) is 16.2 Å². The minimum Gasteiger partial charge on any atom is -0.508 e. The number of methoxy groups -OCH3 is 2. The summed E-state index contributed by atoms with van der Waals surface area (Å²) in [6.45, 7) is 13.1. The molecule has 0 bridgehead atoms. The lowest BCUT2D eigenvalue weighted by molar-refractivity contribution is -0.0118. The molecule has 0 fully saturated rings. The van der Waals surface area contributed by atoms with Gasteiger partial charge in [0.1, 0.15) is 40.8 Å². The van der Waals surface area contributed by atoms with Crippen LogP contribution >= 0.6 is 0 Å². The highest BCUT2D eigenvalue weighted by molar-refractivity contribution is 5.97. The number of nitrogens with zero attached hydrogens (tertiary/aromatic N) is 5. The van der Waals surface area contributed by atoms with E-state index in [0.29, 0.717) is 97.1 Å². The van der Waals surface area contributed by atoms with Crippen LogP contribution in [0.1, 0.15) is 133 Å². The van der Waals surface area contributed by atoms with Crippen molar-refractivity contribution in [2.24, 2.45) is 0 Å². The average molecular weight is 1280 g/mol. The molecule has 4 atom stereocenters. The van der Waals surface area contributed by atoms with Gasteiger partial charge in [0.05, 0.1) is 44.7 Å². The van der Waals surface area contributed by atoms with Gasteiger partial charge in [0.15, 0.2) is 12.2 Å². The van der Waals surface area contributed by atoms with Crippen molar-refractivity contribution in [1.82, 2.24) is 35.2 Å². The molecule has 494 valence electrons. The lowest BCUT2D eigenvalue weighted by Crippen LogP contribution is -2.54. The number of benzene rings is 6. The van der Waals surface area contributed by atoms with Gasteiger partial charge in [0.2, 0.25) is 0 Å². The number of phenols is 1. The van der Waals surface area contributed by atoms with E-state index in [-0.39, 0.29) is 62.2 Å². The van der Waals surface area contributed by atoms with Crippen molar-refractivity contribution in [3.05, 3.63) is 206 Å². The minimum atomic E-state index is -1.07. The molecule has 4 aliphatic heterocycles. The normalized spacial score (nSPS) is 16.4. The Morgan fingerprint density at radius 1 is 0.532 bits per heavy atom. The van der Waals surface area contributed by atoms with E-state index < -0.39 is 47.7 Å². The molecule has 5 N–H and O–H groups in total. The molecule has 94 heavy (non-hydrogen) atoms. The smallest absolute Gasteiger partial charge is 0.410 e. The molecule has 5 heterocycles. The number of rotatable bonds is 15. The van der Waals surface area contributed by atoms with Gasteiger partial charge in [-0.05, 0) is 209 Å². The predicted octanol–water partition coefficient (Wildman–Crippen LogP) is 8.97. The Morgan fingerprint density at radius 3 is 1.39 bits per heavy atom. The molecule has 22 heteroatoms. The van der Waals surface area contributed by atoms with Gasteiger partial charge in [0.25, 0.3) is 23.6 Å². The molecule has 4 aliphatic rings. The number of ether oxygens (including phenoxy) is 5. The second kappa shape index (κ2) is 28.9. The number of fused-ring (bicyclic) bond motifs is 4. The van der Waals surface area contributed by atoms with E-state index in [4.69, 9.17) is 28.1 Å². The molecule has 7 aromatic rings. The highest BCUT2D eigenvalue weighted by Crippen LogP contribution is 2.33. The zero-order valence-corrected chi connectivity index (χ0v) is 54.2. The largest absolute Gasteiger partial charge is 0.508 e. The Bertz CT molecular complexity index is 3880. The molecule has 1 aromatic heterocycles. The number of oxazole rings is 1. The lowest BCUT2D eigenvalue weighted by atomic mass is 9.91. The Hall–Kier alpha value is -9.93. The fraction of sp³-hybridized carbons (Fsp3) is 0.375. The summed E-state index contributed by atoms with van der Waals surface area (Å²) >= 11 is 0. The molecule has 22 nitrogen and oxygen atoms in total. The Kier molecular flexibility index (Phi) is 20.6. The summed E-state index contributed by atoms with van der Waals surface area (Å²) in [5.74, 6) is 1.88. The van der Waals surface area contributed by atoms with E-state index in [9.17, 15) is 44.1 Å². The third-order valence-electron chi connectivity index (χ3n) is 16.9. The third kappa shape index (κ3) is 16.6. The first-order valence-electron chi connectivity index (χ1n) is 31.3. The Labute approximate surface area is 546 Å². The first-order chi connectivity index (χ1) is 44.9. The number of aromatic hydroxyl groups is 1. The Morgan fingerprint density at radius 2 is 0.957 bits per heavy atom. The SMILES string of the molecule is COc1ccc(C(=O)N2CCc3cc(C(=O)NC[C@@H](O)[C@@H]4Cc5ccc(O)cc5CN4C(=O)OC(C)(C)C)ccc3C2)cc1.COc1ccc(C(=O)N2CCc3cc(C(=O)NC[C@@H](O)[C@@H]4Cc5ccc(OCc6cnco6)cc5CN4C(=O)OC(C)(C)C)ccc3C2)cc1. The summed E-state index contributed by atoms with van der Waals surface area (Å²) in [6, 6.07) is 34.3. The van der Waals surface area contributed by atoms with E-state index in [1.807, 2.05) is 42.5 Å². The van der Waals surface area contributed by atoms with Crippen LogP contribution in [0.3, 0.4) is 0 Å². The molecular weight excluding hydrogens is 1200 g/mol. The number of aliphatic hydroxyl groups is 2. The molecule has 0 saturated carbocycles. The predicted molar refractivity (Wildman–Crippen MR) is 346 cm³/mol. The van der Waals surface area contributed by atoms with Gasteiger partial charge >= 0.3 is 12.2 Å². The molecule has 0 spiro atoms. The standard InChI is InChI=1S/C38H42N4O8.C34H39N3O7/c1-38(2,3)50-37(46)42-21-29-16-31(48-22-32-18-39-23-49-32)12-9-25(29)17-33(42)34(43)19-40-35(44)27-5-6-28-20-41(14-13-26(28)15-27)36(45)24-7-10-30(47-4)11-8-24;1-34(2,3)44-33(42)37-20-26-16-27(38)10-7-22(26)17-29(37)30(39)18-35-31(40)24-5-6-25-19-36(14-13-23(25)15-24)32(41)21-8-11-28(43-4)12-9-21/h5-12,15-16,18,23,33-34,43H,13-14,17,19-22H2,1-4H3,(H,40,44);5-12,15-16,29-30,38-39H,13-14,17-20H2,1-4H3,(H,35,40)/t33-,34+;29-,30+/m00/s1. The maximum Gasteiger partial charge on any atom is 0.410 e. The molecule has 6 aromatic carbocycles. The third-order valence-corrected chi connectivity index (χ3v) is 16.9. The minimum absolute atomic E-state index is 0.0586. The van der Waals surface area contributed by atoms with Gasteiger partial charge in [0, 0.05) is 74.6 Å². The lowest BCUT2D eigenvalue weighted by Gasteiger charge is -2.40. The van der Waals surface area contributed by atoms with E-state index in [0.717, 1.165) is 44.5 Å². The number of phenolic OH excluding ortho intramolecular Hbond substituents is 1. The van der Waals surface area contributed by atoms with Gasteiger partial charge in [-0.15, -0.1) is 0 Å². The van der Waals surface area contributed by atoms with Crippen molar-refractivity contribution < 1.29 is 72.2 Å². The first-order valence-corrected chi connectivity index (χ1v) is 31.3. The van der Waals surface area contributed by atoms with Crippen LogP contribution in [0.5, 0.6) is 23.0 Å². The molecular formula is C72H81N7O15. The van der Waals surface area contributed by atoms with Crippen LogP contribution in [-0.2, 0) is 67.9 Å². The molecule has 11 rings (SSSR count). The maximum absolute atomic E-state index is 13.4. The van der Waals surface area contributed by atoms with Gasteiger partial charge in [-0.1, -0.05) is 24.3 Å². The van der Waals surface area contributed by atoms with E-state index >= 15 is 0 Å². The summed E-state index contributed by atoms with van der Waals surface area (Å²) in [6.07, 6.45) is 1.59. The van der Waals surface area contributed by atoms with Crippen molar-refractivity contribution in [1.29, 1.82) is 0 Å². The summed E-state index contributed by atoms with van der Waals surface area (Å²) in [7, 11) is 3.17. The topological polar surface area (TPSA) is 272 Å². The highest BCUT2D eigenvalue weighted by Gasteiger charge is 2.39. The van der Waals surface area contributed by atoms with Crippen molar-refractivity contribution in [2.75, 3.05) is 40.4 Å². The van der Waals surface area contributed by atoms with Crippen LogP contribution in [0.2, 0.25) is 0 Å². The number of hydrogen-bond donors (Lipinski definition) is 5. The van der Waals surface area contributed by atoms with Crippen LogP contribution in [0.25, 0.3) is 0 Å². The molecule has 6 amide bonds. The van der Waals surface area contributed by atoms with Crippen molar-refractivity contribution >= 4 is 35.8 Å². The number of aromatic nitrogens is 1. The van der Waals surface area contributed by atoms with Crippen molar-refractivity contribution in [3.8, 4) is 23.0 Å². The van der Waals surface area contributed by atoms with Crippen LogP contribution in [0.15, 0.2) is 138 Å². The van der Waals surface area contributed by atoms with Gasteiger partial charge < -0.3 is 63.9 Å².